The minimum atomic E-state index is -0.0709. The molecule has 0 bridgehead atoms. The average Bonchev–Trinajstić information content (AvgIpc) is 2.31. The summed E-state index contributed by atoms with van der Waals surface area (Å²) in [6.45, 7) is 1.22. The third-order valence-corrected chi connectivity index (χ3v) is 2.63. The van der Waals surface area contributed by atoms with E-state index in [1.807, 2.05) is 0 Å². The first-order valence-electron chi connectivity index (χ1n) is 3.33. The summed E-state index contributed by atoms with van der Waals surface area (Å²) < 4.78 is 4.76. The molecule has 58 valence electrons. The molecule has 4 heteroatoms. The number of carbonyl (C=O) groups is 1. The van der Waals surface area contributed by atoms with E-state index in [-0.39, 0.29) is 11.2 Å². The van der Waals surface area contributed by atoms with E-state index < -0.39 is 0 Å². The molecule has 3 nitrogen and oxygen atoms in total. The van der Waals surface area contributed by atoms with Crippen LogP contribution in [0.4, 0.5) is 0 Å². The summed E-state index contributed by atoms with van der Waals surface area (Å²) in [5.41, 5.74) is 5.28. The summed E-state index contributed by atoms with van der Waals surface area (Å²) in [5, 5.41) is 0.0588. The summed E-state index contributed by atoms with van der Waals surface area (Å²) in [5.74, 6) is 0.776. The van der Waals surface area contributed by atoms with Crippen LogP contribution in [0, 0.1) is 0 Å². The van der Waals surface area contributed by atoms with Gasteiger partial charge in [0.05, 0.1) is 6.61 Å². The second-order valence-corrected chi connectivity index (χ2v) is 3.41. The van der Waals surface area contributed by atoms with Crippen LogP contribution in [0.1, 0.15) is 6.42 Å². The van der Waals surface area contributed by atoms with Crippen LogP contribution >= 0.6 is 11.8 Å². The van der Waals surface area contributed by atoms with Gasteiger partial charge in [-0.05, 0) is 0 Å². The number of nitrogens with two attached hydrogens (primary N) is 1. The van der Waals surface area contributed by atoms with Crippen LogP contribution in [-0.2, 0) is 9.53 Å². The molecule has 1 saturated heterocycles. The minimum Gasteiger partial charge on any atom is -0.465 e. The SMILES string of the molecule is NCCSC1CCOC1=O. The van der Waals surface area contributed by atoms with Gasteiger partial charge in [-0.2, -0.15) is 0 Å². The number of hydrogen-bond acceptors (Lipinski definition) is 4. The average molecular weight is 161 g/mol. The molecule has 0 aromatic rings. The summed E-state index contributed by atoms with van der Waals surface area (Å²) in [6, 6.07) is 0. The molecule has 0 aliphatic carbocycles. The number of rotatable bonds is 3. The van der Waals surface area contributed by atoms with E-state index in [9.17, 15) is 4.79 Å². The van der Waals surface area contributed by atoms with Gasteiger partial charge in [0.25, 0.3) is 0 Å². The van der Waals surface area contributed by atoms with E-state index in [0.717, 1.165) is 12.2 Å². The van der Waals surface area contributed by atoms with Gasteiger partial charge in [-0.3, -0.25) is 4.79 Å². The fraction of sp³-hybridized carbons (Fsp3) is 0.833. The molecule has 1 unspecified atom stereocenters. The highest BCUT2D eigenvalue weighted by atomic mass is 32.2. The van der Waals surface area contributed by atoms with Crippen LogP contribution in [0.3, 0.4) is 0 Å². The Morgan fingerprint density at radius 2 is 2.60 bits per heavy atom. The highest BCUT2D eigenvalue weighted by Crippen LogP contribution is 2.20. The van der Waals surface area contributed by atoms with Crippen molar-refractivity contribution < 1.29 is 9.53 Å². The smallest absolute Gasteiger partial charge is 0.319 e. The van der Waals surface area contributed by atoms with Gasteiger partial charge >= 0.3 is 5.97 Å². The molecule has 2 N–H and O–H groups in total. The number of ether oxygens (including phenoxy) is 1. The number of esters is 1. The maximum absolute atomic E-state index is 10.8. The predicted octanol–water partition coefficient (Wildman–Crippen LogP) is -0.00620. The number of hydrogen-bond donors (Lipinski definition) is 1. The third-order valence-electron chi connectivity index (χ3n) is 1.32. The van der Waals surface area contributed by atoms with Gasteiger partial charge in [-0.25, -0.2) is 0 Å². The van der Waals surface area contributed by atoms with Crippen LogP contribution in [-0.4, -0.2) is 30.1 Å². The fourth-order valence-electron chi connectivity index (χ4n) is 0.839. The molecule has 1 aliphatic rings. The molecular formula is C6H11NO2S. The van der Waals surface area contributed by atoms with E-state index in [1.54, 1.807) is 11.8 Å². The third kappa shape index (κ3) is 1.88. The van der Waals surface area contributed by atoms with Gasteiger partial charge in [-0.1, -0.05) is 0 Å². The molecule has 1 heterocycles. The maximum atomic E-state index is 10.8. The topological polar surface area (TPSA) is 52.3 Å². The molecule has 1 rings (SSSR count). The second kappa shape index (κ2) is 3.83. The molecule has 0 amide bonds. The Bertz CT molecular complexity index is 129. The molecule has 0 aromatic heterocycles. The van der Waals surface area contributed by atoms with Gasteiger partial charge in [0, 0.05) is 18.7 Å². The monoisotopic (exact) mass is 161 g/mol. The van der Waals surface area contributed by atoms with Crippen molar-refractivity contribution in [3.05, 3.63) is 0 Å². The van der Waals surface area contributed by atoms with Crippen molar-refractivity contribution in [3.8, 4) is 0 Å². The molecular weight excluding hydrogens is 150 g/mol. The van der Waals surface area contributed by atoms with E-state index in [0.29, 0.717) is 13.2 Å². The Morgan fingerprint density at radius 3 is 3.10 bits per heavy atom. The molecule has 0 aromatic carbocycles. The number of carbonyl (C=O) groups excluding carboxylic acids is 1. The van der Waals surface area contributed by atoms with Crippen LogP contribution in [0.2, 0.25) is 0 Å². The molecule has 1 atom stereocenters. The lowest BCUT2D eigenvalue weighted by atomic mass is 10.4. The molecule has 1 aliphatic heterocycles. The Labute approximate surface area is 64.3 Å². The summed E-state index contributed by atoms with van der Waals surface area (Å²) >= 11 is 1.59. The van der Waals surface area contributed by atoms with Crippen LogP contribution < -0.4 is 5.73 Å². The highest BCUT2D eigenvalue weighted by Gasteiger charge is 2.25. The highest BCUT2D eigenvalue weighted by molar-refractivity contribution is 8.00. The van der Waals surface area contributed by atoms with Crippen LogP contribution in [0.5, 0.6) is 0 Å². The van der Waals surface area contributed by atoms with Crippen molar-refractivity contribution in [2.24, 2.45) is 5.73 Å². The predicted molar refractivity (Wildman–Crippen MR) is 40.9 cm³/mol. The fourth-order valence-corrected chi connectivity index (χ4v) is 1.73. The summed E-state index contributed by atoms with van der Waals surface area (Å²) in [7, 11) is 0. The molecule has 0 radical (unpaired) electrons. The lowest BCUT2D eigenvalue weighted by Gasteiger charge is -2.01. The van der Waals surface area contributed by atoms with E-state index in [2.05, 4.69) is 0 Å². The van der Waals surface area contributed by atoms with Gasteiger partial charge in [0.2, 0.25) is 0 Å². The zero-order valence-electron chi connectivity index (χ0n) is 5.71. The van der Waals surface area contributed by atoms with E-state index >= 15 is 0 Å². The molecule has 0 saturated carbocycles. The van der Waals surface area contributed by atoms with Crippen molar-refractivity contribution in [2.45, 2.75) is 11.7 Å². The van der Waals surface area contributed by atoms with Crippen molar-refractivity contribution in [3.63, 3.8) is 0 Å². The molecule has 10 heavy (non-hydrogen) atoms. The first-order chi connectivity index (χ1) is 4.84. The first kappa shape index (κ1) is 7.88. The van der Waals surface area contributed by atoms with Gasteiger partial charge in [0.15, 0.2) is 0 Å². The maximum Gasteiger partial charge on any atom is 0.319 e. The Hall–Kier alpha value is -0.220. The lowest BCUT2D eigenvalue weighted by Crippen LogP contribution is -2.13. The molecule has 1 fully saturated rings. The van der Waals surface area contributed by atoms with Crippen LogP contribution in [0.15, 0.2) is 0 Å². The Morgan fingerprint density at radius 1 is 1.80 bits per heavy atom. The van der Waals surface area contributed by atoms with Gasteiger partial charge in [-0.15, -0.1) is 11.8 Å². The summed E-state index contributed by atoms with van der Waals surface area (Å²) in [6.07, 6.45) is 0.851. The van der Waals surface area contributed by atoms with Crippen molar-refractivity contribution in [1.82, 2.24) is 0 Å². The number of cyclic esters (lactones) is 1. The minimum absolute atomic E-state index is 0.0588. The number of thioether (sulfide) groups is 1. The normalized spacial score (nSPS) is 24.9. The van der Waals surface area contributed by atoms with Gasteiger partial charge < -0.3 is 10.5 Å². The quantitative estimate of drug-likeness (QED) is 0.592. The summed E-state index contributed by atoms with van der Waals surface area (Å²) in [4.78, 5) is 10.8. The van der Waals surface area contributed by atoms with Crippen LogP contribution in [0.25, 0.3) is 0 Å². The first-order valence-corrected chi connectivity index (χ1v) is 4.38. The van der Waals surface area contributed by atoms with Crippen molar-refractivity contribution in [2.75, 3.05) is 18.9 Å². The Balaban J connectivity index is 2.20. The van der Waals surface area contributed by atoms with Crippen molar-refractivity contribution >= 4 is 17.7 Å². The second-order valence-electron chi connectivity index (χ2n) is 2.10. The zero-order chi connectivity index (χ0) is 7.40. The lowest BCUT2D eigenvalue weighted by molar-refractivity contribution is -0.137. The standard InChI is InChI=1S/C6H11NO2S/c7-2-4-10-5-1-3-9-6(5)8/h5H,1-4,7H2. The largest absolute Gasteiger partial charge is 0.465 e. The Kier molecular flexibility index (Phi) is 3.02. The van der Waals surface area contributed by atoms with Crippen molar-refractivity contribution in [1.29, 1.82) is 0 Å². The van der Waals surface area contributed by atoms with E-state index in [4.69, 9.17) is 10.5 Å². The zero-order valence-corrected chi connectivity index (χ0v) is 6.52. The molecule has 0 spiro atoms. The van der Waals surface area contributed by atoms with Gasteiger partial charge in [0.1, 0.15) is 5.25 Å². The van der Waals surface area contributed by atoms with E-state index in [1.165, 1.54) is 0 Å².